The summed E-state index contributed by atoms with van der Waals surface area (Å²) in [5, 5.41) is 0. The molecule has 1 aromatic rings. The molecular formula is C21H31N3O3. The lowest BCUT2D eigenvalue weighted by atomic mass is 9.88. The number of amides is 2. The van der Waals surface area contributed by atoms with Crippen molar-refractivity contribution in [1.29, 1.82) is 0 Å². The van der Waals surface area contributed by atoms with Gasteiger partial charge in [-0.05, 0) is 57.4 Å². The number of likely N-dealkylation sites (tertiary alicyclic amines) is 1. The molecule has 2 heterocycles. The Morgan fingerprint density at radius 2 is 1.33 bits per heavy atom. The van der Waals surface area contributed by atoms with Crippen LogP contribution in [0.1, 0.15) is 33.1 Å². The third-order valence-corrected chi connectivity index (χ3v) is 5.72. The van der Waals surface area contributed by atoms with Crippen LogP contribution in [-0.4, -0.2) is 68.0 Å². The summed E-state index contributed by atoms with van der Waals surface area (Å²) in [6.45, 7) is 7.94. The van der Waals surface area contributed by atoms with Crippen LogP contribution in [0.4, 0.5) is 5.69 Å². The SMILES string of the molecule is COc1ccc(N2CCN(C(=O)C(C)(C)C(=O)N3CCCCC3)CC2)cc1. The second kappa shape index (κ2) is 8.19. The molecule has 1 aromatic carbocycles. The van der Waals surface area contributed by atoms with E-state index in [1.165, 1.54) is 6.42 Å². The average molecular weight is 373 g/mol. The van der Waals surface area contributed by atoms with E-state index in [1.54, 1.807) is 21.0 Å². The van der Waals surface area contributed by atoms with Crippen molar-refractivity contribution in [3.05, 3.63) is 24.3 Å². The third-order valence-electron chi connectivity index (χ3n) is 5.72. The number of hydrogen-bond donors (Lipinski definition) is 0. The molecule has 148 valence electrons. The topological polar surface area (TPSA) is 53.1 Å². The molecule has 0 atom stereocenters. The standard InChI is InChI=1S/C21H31N3O3/c1-21(2,19(25)23-11-5-4-6-12-23)20(26)24-15-13-22(14-16-24)17-7-9-18(27-3)10-8-17/h7-10H,4-6,11-16H2,1-3H3. The Kier molecular flexibility index (Phi) is 5.92. The van der Waals surface area contributed by atoms with Gasteiger partial charge in [-0.3, -0.25) is 9.59 Å². The van der Waals surface area contributed by atoms with Gasteiger partial charge in [0.05, 0.1) is 7.11 Å². The Morgan fingerprint density at radius 3 is 1.85 bits per heavy atom. The number of benzene rings is 1. The van der Waals surface area contributed by atoms with E-state index in [-0.39, 0.29) is 11.8 Å². The number of carbonyl (C=O) groups is 2. The van der Waals surface area contributed by atoms with E-state index < -0.39 is 5.41 Å². The van der Waals surface area contributed by atoms with E-state index in [2.05, 4.69) is 4.90 Å². The van der Waals surface area contributed by atoms with Gasteiger partial charge in [0.25, 0.3) is 0 Å². The van der Waals surface area contributed by atoms with Crippen molar-refractivity contribution in [2.24, 2.45) is 5.41 Å². The molecule has 3 rings (SSSR count). The van der Waals surface area contributed by atoms with E-state index in [4.69, 9.17) is 4.74 Å². The van der Waals surface area contributed by atoms with Crippen molar-refractivity contribution in [1.82, 2.24) is 9.80 Å². The van der Waals surface area contributed by atoms with E-state index in [0.29, 0.717) is 13.1 Å². The normalized spacial score (nSPS) is 18.4. The maximum atomic E-state index is 13.1. The van der Waals surface area contributed by atoms with Crippen LogP contribution in [-0.2, 0) is 9.59 Å². The number of anilines is 1. The molecule has 0 radical (unpaired) electrons. The first kappa shape index (κ1) is 19.5. The minimum Gasteiger partial charge on any atom is -0.497 e. The van der Waals surface area contributed by atoms with Gasteiger partial charge in [0.1, 0.15) is 11.2 Å². The van der Waals surface area contributed by atoms with Crippen molar-refractivity contribution >= 4 is 17.5 Å². The van der Waals surface area contributed by atoms with Crippen LogP contribution in [0.25, 0.3) is 0 Å². The molecule has 0 aromatic heterocycles. The van der Waals surface area contributed by atoms with E-state index in [0.717, 1.165) is 50.5 Å². The Bertz CT molecular complexity index is 658. The molecule has 6 heteroatoms. The number of piperazine rings is 1. The maximum Gasteiger partial charge on any atom is 0.237 e. The Labute approximate surface area is 162 Å². The lowest BCUT2D eigenvalue weighted by Gasteiger charge is -2.40. The van der Waals surface area contributed by atoms with Gasteiger partial charge < -0.3 is 19.4 Å². The molecular weight excluding hydrogens is 342 g/mol. The van der Waals surface area contributed by atoms with Gasteiger partial charge in [0, 0.05) is 45.0 Å². The first-order chi connectivity index (χ1) is 12.9. The summed E-state index contributed by atoms with van der Waals surface area (Å²) < 4.78 is 5.21. The maximum absolute atomic E-state index is 13.1. The van der Waals surface area contributed by atoms with Crippen LogP contribution in [0.3, 0.4) is 0 Å². The highest BCUT2D eigenvalue weighted by Gasteiger charge is 2.42. The Morgan fingerprint density at radius 1 is 0.815 bits per heavy atom. The highest BCUT2D eigenvalue weighted by molar-refractivity contribution is 6.04. The summed E-state index contributed by atoms with van der Waals surface area (Å²) in [7, 11) is 1.66. The van der Waals surface area contributed by atoms with E-state index in [1.807, 2.05) is 34.1 Å². The van der Waals surface area contributed by atoms with Gasteiger partial charge >= 0.3 is 0 Å². The second-order valence-corrected chi connectivity index (χ2v) is 7.96. The molecule has 0 spiro atoms. The molecule has 2 fully saturated rings. The van der Waals surface area contributed by atoms with Gasteiger partial charge in [-0.2, -0.15) is 0 Å². The summed E-state index contributed by atoms with van der Waals surface area (Å²) in [5.74, 6) is 0.766. The van der Waals surface area contributed by atoms with Gasteiger partial charge in [-0.25, -0.2) is 0 Å². The largest absolute Gasteiger partial charge is 0.497 e. The zero-order valence-electron chi connectivity index (χ0n) is 16.7. The fourth-order valence-electron chi connectivity index (χ4n) is 3.94. The van der Waals surface area contributed by atoms with E-state index >= 15 is 0 Å². The molecule has 0 bridgehead atoms. The summed E-state index contributed by atoms with van der Waals surface area (Å²) in [4.78, 5) is 32.0. The lowest BCUT2D eigenvalue weighted by molar-refractivity contribution is -0.154. The molecule has 0 unspecified atom stereocenters. The minimum absolute atomic E-state index is 0.0233. The first-order valence-electron chi connectivity index (χ1n) is 9.91. The predicted molar refractivity (Wildman–Crippen MR) is 106 cm³/mol. The highest BCUT2D eigenvalue weighted by Crippen LogP contribution is 2.26. The second-order valence-electron chi connectivity index (χ2n) is 7.96. The smallest absolute Gasteiger partial charge is 0.237 e. The van der Waals surface area contributed by atoms with Gasteiger partial charge in [0.15, 0.2) is 0 Å². The van der Waals surface area contributed by atoms with Crippen LogP contribution < -0.4 is 9.64 Å². The molecule has 0 saturated carbocycles. The monoisotopic (exact) mass is 373 g/mol. The van der Waals surface area contributed by atoms with Crippen molar-refractivity contribution in [3.8, 4) is 5.75 Å². The molecule has 27 heavy (non-hydrogen) atoms. The molecule has 2 amide bonds. The summed E-state index contributed by atoms with van der Waals surface area (Å²) in [6.07, 6.45) is 3.25. The summed E-state index contributed by atoms with van der Waals surface area (Å²) in [5.41, 5.74) is 0.145. The predicted octanol–water partition coefficient (Wildman–Crippen LogP) is 2.38. The zero-order chi connectivity index (χ0) is 19.4. The van der Waals surface area contributed by atoms with Gasteiger partial charge in [0.2, 0.25) is 11.8 Å². The van der Waals surface area contributed by atoms with Crippen LogP contribution in [0, 0.1) is 5.41 Å². The number of rotatable bonds is 4. The first-order valence-corrected chi connectivity index (χ1v) is 9.91. The lowest BCUT2D eigenvalue weighted by Crippen LogP contribution is -2.56. The van der Waals surface area contributed by atoms with Crippen LogP contribution in [0.5, 0.6) is 5.75 Å². The van der Waals surface area contributed by atoms with Crippen molar-refractivity contribution in [2.45, 2.75) is 33.1 Å². The quantitative estimate of drug-likeness (QED) is 0.761. The summed E-state index contributed by atoms with van der Waals surface area (Å²) >= 11 is 0. The fraction of sp³-hybridized carbons (Fsp3) is 0.619. The number of nitrogens with zero attached hydrogens (tertiary/aromatic N) is 3. The molecule has 2 saturated heterocycles. The van der Waals surface area contributed by atoms with Crippen LogP contribution >= 0.6 is 0 Å². The van der Waals surface area contributed by atoms with Gasteiger partial charge in [-0.1, -0.05) is 0 Å². The molecule has 0 N–H and O–H groups in total. The third kappa shape index (κ3) is 4.20. The Balaban J connectivity index is 1.58. The number of carbonyl (C=O) groups excluding carboxylic acids is 2. The Hall–Kier alpha value is -2.24. The molecule has 6 nitrogen and oxygen atoms in total. The number of hydrogen-bond acceptors (Lipinski definition) is 4. The van der Waals surface area contributed by atoms with Crippen molar-refractivity contribution in [3.63, 3.8) is 0 Å². The molecule has 0 aliphatic carbocycles. The summed E-state index contributed by atoms with van der Waals surface area (Å²) in [6, 6.07) is 7.99. The van der Waals surface area contributed by atoms with Crippen LogP contribution in [0.2, 0.25) is 0 Å². The fourth-order valence-corrected chi connectivity index (χ4v) is 3.94. The van der Waals surface area contributed by atoms with Crippen molar-refractivity contribution in [2.75, 3.05) is 51.3 Å². The zero-order valence-corrected chi connectivity index (χ0v) is 16.7. The number of methoxy groups -OCH3 is 1. The highest BCUT2D eigenvalue weighted by atomic mass is 16.5. The van der Waals surface area contributed by atoms with Crippen molar-refractivity contribution < 1.29 is 14.3 Å². The average Bonchev–Trinajstić information content (AvgIpc) is 2.73. The number of piperidine rings is 1. The van der Waals surface area contributed by atoms with Gasteiger partial charge in [-0.15, -0.1) is 0 Å². The van der Waals surface area contributed by atoms with E-state index in [9.17, 15) is 9.59 Å². The molecule has 2 aliphatic rings. The minimum atomic E-state index is -0.986. The number of ether oxygens (including phenoxy) is 1. The van der Waals surface area contributed by atoms with Crippen LogP contribution in [0.15, 0.2) is 24.3 Å². The molecule has 2 aliphatic heterocycles.